The van der Waals surface area contributed by atoms with Crippen molar-refractivity contribution in [3.05, 3.63) is 0 Å². The van der Waals surface area contributed by atoms with Crippen LogP contribution in [0, 0.1) is 0 Å². The lowest BCUT2D eigenvalue weighted by atomic mass is 10.2. The molecule has 8 nitrogen and oxygen atoms in total. The van der Waals surface area contributed by atoms with Crippen molar-refractivity contribution in [1.29, 1.82) is 0 Å². The first-order valence-electron chi connectivity index (χ1n) is 6.04. The van der Waals surface area contributed by atoms with Gasteiger partial charge >= 0.3 is 12.0 Å². The van der Waals surface area contributed by atoms with Crippen LogP contribution in [0.5, 0.6) is 0 Å². The topological polar surface area (TPSA) is 122 Å². The van der Waals surface area contributed by atoms with E-state index >= 15 is 0 Å². The van der Waals surface area contributed by atoms with Gasteiger partial charge in [0, 0.05) is 20.2 Å². The average molecular weight is 273 g/mol. The van der Waals surface area contributed by atoms with Gasteiger partial charge in [0.25, 0.3) is 0 Å². The molecule has 0 spiro atoms. The second kappa shape index (κ2) is 6.93. The zero-order valence-corrected chi connectivity index (χ0v) is 10.8. The van der Waals surface area contributed by atoms with Crippen molar-refractivity contribution in [3.63, 3.8) is 0 Å². The molecule has 19 heavy (non-hydrogen) atoms. The lowest BCUT2D eigenvalue weighted by Gasteiger charge is -2.23. The fraction of sp³-hybridized carbons (Fsp3) is 0.727. The molecular weight excluding hydrogens is 254 g/mol. The predicted octanol–water partition coefficient (Wildman–Crippen LogP) is -0.865. The van der Waals surface area contributed by atoms with Crippen LogP contribution in [0.15, 0.2) is 0 Å². The molecule has 0 radical (unpaired) electrons. The molecule has 2 unspecified atom stereocenters. The Morgan fingerprint density at radius 2 is 2.21 bits per heavy atom. The zero-order valence-electron chi connectivity index (χ0n) is 10.8. The number of carbonyl (C=O) groups excluding carboxylic acids is 2. The number of rotatable bonds is 6. The summed E-state index contributed by atoms with van der Waals surface area (Å²) in [5.74, 6) is -1.53. The van der Waals surface area contributed by atoms with E-state index in [1.54, 1.807) is 0 Å². The SMILES string of the molecule is COC(CNC(=O)N1CCCC1C(N)=O)CC(=O)O. The molecule has 1 aliphatic rings. The van der Waals surface area contributed by atoms with E-state index in [1.165, 1.54) is 12.0 Å². The number of carboxylic acids is 1. The number of nitrogens with one attached hydrogen (secondary N) is 1. The summed E-state index contributed by atoms with van der Waals surface area (Å²) in [5.41, 5.74) is 5.21. The summed E-state index contributed by atoms with van der Waals surface area (Å²) in [4.78, 5) is 34.9. The van der Waals surface area contributed by atoms with Gasteiger partial charge in [-0.1, -0.05) is 0 Å². The standard InChI is InChI=1S/C11H19N3O5/c1-19-7(5-9(15)16)6-13-11(18)14-4-2-3-8(14)10(12)17/h7-8H,2-6H2,1H3,(H2,12,17)(H,13,18)(H,15,16). The maximum atomic E-state index is 11.9. The van der Waals surface area contributed by atoms with Crippen LogP contribution >= 0.6 is 0 Å². The second-order valence-electron chi connectivity index (χ2n) is 4.40. The number of hydrogen-bond donors (Lipinski definition) is 3. The number of nitrogens with zero attached hydrogens (tertiary/aromatic N) is 1. The third-order valence-corrected chi connectivity index (χ3v) is 3.06. The Kier molecular flexibility index (Phi) is 5.56. The summed E-state index contributed by atoms with van der Waals surface area (Å²) in [7, 11) is 1.38. The summed E-state index contributed by atoms with van der Waals surface area (Å²) in [6, 6.07) is -1.01. The number of carbonyl (C=O) groups is 3. The van der Waals surface area contributed by atoms with Crippen LogP contribution in [0.4, 0.5) is 4.79 Å². The number of likely N-dealkylation sites (tertiary alicyclic amines) is 1. The minimum Gasteiger partial charge on any atom is -0.481 e. The van der Waals surface area contributed by atoms with Gasteiger partial charge < -0.3 is 25.8 Å². The number of nitrogens with two attached hydrogens (primary N) is 1. The van der Waals surface area contributed by atoms with E-state index in [0.717, 1.165) is 6.42 Å². The lowest BCUT2D eigenvalue weighted by molar-refractivity contribution is -0.139. The molecule has 1 rings (SSSR count). The minimum absolute atomic E-state index is 0.0730. The van der Waals surface area contributed by atoms with Gasteiger partial charge in [-0.2, -0.15) is 0 Å². The normalized spacial score (nSPS) is 20.1. The van der Waals surface area contributed by atoms with Gasteiger partial charge in [-0.3, -0.25) is 9.59 Å². The van der Waals surface area contributed by atoms with Gasteiger partial charge in [0.05, 0.1) is 12.5 Å². The second-order valence-corrected chi connectivity index (χ2v) is 4.40. The molecule has 1 fully saturated rings. The molecule has 1 heterocycles. The molecular formula is C11H19N3O5. The predicted molar refractivity (Wildman–Crippen MR) is 65.4 cm³/mol. The Morgan fingerprint density at radius 1 is 1.53 bits per heavy atom. The minimum atomic E-state index is -1.00. The molecule has 8 heteroatoms. The summed E-state index contributed by atoms with van der Waals surface area (Å²) >= 11 is 0. The highest BCUT2D eigenvalue weighted by molar-refractivity contribution is 5.86. The molecule has 4 N–H and O–H groups in total. The van der Waals surface area contributed by atoms with Crippen molar-refractivity contribution in [3.8, 4) is 0 Å². The fourth-order valence-electron chi connectivity index (χ4n) is 2.04. The average Bonchev–Trinajstić information content (AvgIpc) is 2.82. The van der Waals surface area contributed by atoms with Crippen LogP contribution in [-0.2, 0) is 14.3 Å². The van der Waals surface area contributed by atoms with E-state index in [1.807, 2.05) is 0 Å². The Balaban J connectivity index is 2.46. The highest BCUT2D eigenvalue weighted by Crippen LogP contribution is 2.16. The van der Waals surface area contributed by atoms with E-state index in [2.05, 4.69) is 5.32 Å². The molecule has 0 aromatic heterocycles. The third kappa shape index (κ3) is 4.40. The number of ether oxygens (including phenoxy) is 1. The molecule has 108 valence electrons. The summed E-state index contributed by atoms with van der Waals surface area (Å²) in [5, 5.41) is 11.2. The first-order chi connectivity index (χ1) is 8.95. The smallest absolute Gasteiger partial charge is 0.318 e. The number of carboxylic acid groups (broad SMARTS) is 1. The van der Waals surface area contributed by atoms with Crippen molar-refractivity contribution in [2.24, 2.45) is 5.73 Å². The van der Waals surface area contributed by atoms with E-state index in [9.17, 15) is 14.4 Å². The zero-order chi connectivity index (χ0) is 14.4. The highest BCUT2D eigenvalue weighted by atomic mass is 16.5. The molecule has 0 bridgehead atoms. The Hall–Kier alpha value is -1.83. The van der Waals surface area contributed by atoms with Gasteiger partial charge in [-0.05, 0) is 12.8 Å². The lowest BCUT2D eigenvalue weighted by Crippen LogP contribution is -2.49. The van der Waals surface area contributed by atoms with Crippen molar-refractivity contribution in [1.82, 2.24) is 10.2 Å². The third-order valence-electron chi connectivity index (χ3n) is 3.06. The van der Waals surface area contributed by atoms with Gasteiger partial charge in [-0.25, -0.2) is 4.79 Å². The van der Waals surface area contributed by atoms with E-state index < -0.39 is 30.1 Å². The van der Waals surface area contributed by atoms with Crippen LogP contribution in [0.25, 0.3) is 0 Å². The summed E-state index contributed by atoms with van der Waals surface area (Å²) < 4.78 is 4.94. The summed E-state index contributed by atoms with van der Waals surface area (Å²) in [6.45, 7) is 0.541. The van der Waals surface area contributed by atoms with Crippen LogP contribution in [-0.4, -0.2) is 60.3 Å². The van der Waals surface area contributed by atoms with Crippen molar-refractivity contribution in [2.45, 2.75) is 31.4 Å². The molecule has 3 amide bonds. The quantitative estimate of drug-likeness (QED) is 0.581. The largest absolute Gasteiger partial charge is 0.481 e. The molecule has 0 saturated carbocycles. The van der Waals surface area contributed by atoms with E-state index in [0.29, 0.717) is 13.0 Å². The monoisotopic (exact) mass is 273 g/mol. The van der Waals surface area contributed by atoms with Gasteiger partial charge in [0.15, 0.2) is 0 Å². The maximum Gasteiger partial charge on any atom is 0.318 e. The van der Waals surface area contributed by atoms with Crippen LogP contribution in [0.3, 0.4) is 0 Å². The van der Waals surface area contributed by atoms with E-state index in [-0.39, 0.29) is 13.0 Å². The molecule has 1 saturated heterocycles. The number of methoxy groups -OCH3 is 1. The first-order valence-corrected chi connectivity index (χ1v) is 6.04. The van der Waals surface area contributed by atoms with Gasteiger partial charge in [0.2, 0.25) is 5.91 Å². The van der Waals surface area contributed by atoms with Crippen LogP contribution in [0.2, 0.25) is 0 Å². The molecule has 0 aliphatic carbocycles. The summed E-state index contributed by atoms with van der Waals surface area (Å²) in [6.07, 6.45) is 0.488. The number of primary amides is 1. The van der Waals surface area contributed by atoms with Crippen molar-refractivity contribution >= 4 is 17.9 Å². The number of hydrogen-bond acceptors (Lipinski definition) is 4. The Bertz CT molecular complexity index is 360. The molecule has 0 aromatic carbocycles. The number of urea groups is 1. The van der Waals surface area contributed by atoms with E-state index in [4.69, 9.17) is 15.6 Å². The number of aliphatic carboxylic acids is 1. The Morgan fingerprint density at radius 3 is 2.74 bits per heavy atom. The van der Waals surface area contributed by atoms with Crippen LogP contribution in [0.1, 0.15) is 19.3 Å². The van der Waals surface area contributed by atoms with Crippen molar-refractivity contribution in [2.75, 3.05) is 20.2 Å². The number of amides is 3. The Labute approximate surface area is 110 Å². The highest BCUT2D eigenvalue weighted by Gasteiger charge is 2.32. The molecule has 0 aromatic rings. The van der Waals surface area contributed by atoms with Crippen LogP contribution < -0.4 is 11.1 Å². The maximum absolute atomic E-state index is 11.9. The molecule has 1 aliphatic heterocycles. The fourth-order valence-corrected chi connectivity index (χ4v) is 2.04. The van der Waals surface area contributed by atoms with Gasteiger partial charge in [-0.15, -0.1) is 0 Å². The molecule has 2 atom stereocenters. The first kappa shape index (κ1) is 15.2. The van der Waals surface area contributed by atoms with Gasteiger partial charge in [0.1, 0.15) is 6.04 Å². The van der Waals surface area contributed by atoms with Crippen molar-refractivity contribution < 1.29 is 24.2 Å².